The number of pyridine rings is 2. The summed E-state index contributed by atoms with van der Waals surface area (Å²) in [5, 5.41) is 6.74. The molecule has 0 amide bonds. The highest BCUT2D eigenvalue weighted by molar-refractivity contribution is 5.65. The maximum atomic E-state index is 4.82. The highest BCUT2D eigenvalue weighted by atomic mass is 15.3. The molecule has 1 fully saturated rings. The van der Waals surface area contributed by atoms with Gasteiger partial charge in [0.1, 0.15) is 23.1 Å². The molecule has 5 rings (SSSR count). The summed E-state index contributed by atoms with van der Waals surface area (Å²) in [4.78, 5) is 21.0. The lowest BCUT2D eigenvalue weighted by Gasteiger charge is -2.28. The number of fused-ring (bicyclic) bond motifs is 1. The summed E-state index contributed by atoms with van der Waals surface area (Å²) in [6.45, 7) is 6.30. The standard InChI is InChI=1S/C24H28N8/c1-17(2)19-7-6-8-20(27-19)28-24-29-21(16-23(30-24)31-11-4-3-5-12-31)26-18-9-13-32-14-10-25-22(32)15-18/h6-10,13-17H,3-5,11-12H2,1-2H3,(H2,26,27,28,29,30). The van der Waals surface area contributed by atoms with Gasteiger partial charge in [0.05, 0.1) is 0 Å². The molecule has 0 radical (unpaired) electrons. The van der Waals surface area contributed by atoms with Gasteiger partial charge in [-0.1, -0.05) is 19.9 Å². The van der Waals surface area contributed by atoms with Gasteiger partial charge in [-0.2, -0.15) is 9.97 Å². The predicted molar refractivity (Wildman–Crippen MR) is 128 cm³/mol. The molecule has 0 saturated carbocycles. The van der Waals surface area contributed by atoms with Crippen LogP contribution in [-0.2, 0) is 0 Å². The van der Waals surface area contributed by atoms with Gasteiger partial charge >= 0.3 is 0 Å². The first-order valence-electron chi connectivity index (χ1n) is 11.2. The van der Waals surface area contributed by atoms with E-state index in [9.17, 15) is 0 Å². The van der Waals surface area contributed by atoms with Gasteiger partial charge < -0.3 is 19.9 Å². The first-order valence-corrected chi connectivity index (χ1v) is 11.2. The van der Waals surface area contributed by atoms with Crippen LogP contribution in [-0.4, -0.2) is 37.4 Å². The van der Waals surface area contributed by atoms with Crippen molar-refractivity contribution in [3.63, 3.8) is 0 Å². The van der Waals surface area contributed by atoms with Gasteiger partial charge in [-0.15, -0.1) is 0 Å². The molecule has 0 bridgehead atoms. The quantitative estimate of drug-likeness (QED) is 0.441. The van der Waals surface area contributed by atoms with Crippen LogP contribution in [0.15, 0.2) is 55.0 Å². The number of nitrogens with one attached hydrogen (secondary N) is 2. The Bertz CT molecular complexity index is 1210. The van der Waals surface area contributed by atoms with Gasteiger partial charge in [-0.3, -0.25) is 0 Å². The number of hydrogen-bond acceptors (Lipinski definition) is 7. The van der Waals surface area contributed by atoms with Gasteiger partial charge in [-0.25, -0.2) is 9.97 Å². The van der Waals surface area contributed by atoms with Crippen LogP contribution in [0.3, 0.4) is 0 Å². The Labute approximate surface area is 187 Å². The van der Waals surface area contributed by atoms with Crippen LogP contribution in [0.5, 0.6) is 0 Å². The normalized spacial score (nSPS) is 14.2. The minimum absolute atomic E-state index is 0.354. The molecule has 4 aromatic heterocycles. The third kappa shape index (κ3) is 4.49. The molecule has 0 atom stereocenters. The molecule has 0 aliphatic carbocycles. The summed E-state index contributed by atoms with van der Waals surface area (Å²) in [6.07, 6.45) is 9.34. The number of hydrogen-bond donors (Lipinski definition) is 2. The van der Waals surface area contributed by atoms with Crippen LogP contribution in [0.4, 0.5) is 29.1 Å². The fourth-order valence-corrected chi connectivity index (χ4v) is 3.93. The smallest absolute Gasteiger partial charge is 0.232 e. The summed E-state index contributed by atoms with van der Waals surface area (Å²) in [6, 6.07) is 12.0. The van der Waals surface area contributed by atoms with Crippen LogP contribution < -0.4 is 15.5 Å². The SMILES string of the molecule is CC(C)c1cccc(Nc2nc(Nc3ccn4ccnc4c3)cc(N3CCCCC3)n2)n1. The largest absolute Gasteiger partial charge is 0.356 e. The van der Waals surface area contributed by atoms with Gasteiger partial charge in [0.25, 0.3) is 0 Å². The molecule has 1 aliphatic rings. The molecule has 4 aromatic rings. The van der Waals surface area contributed by atoms with E-state index in [2.05, 4.69) is 34.4 Å². The lowest BCUT2D eigenvalue weighted by molar-refractivity contribution is 0.573. The lowest BCUT2D eigenvalue weighted by atomic mass is 10.1. The number of nitrogens with zero attached hydrogens (tertiary/aromatic N) is 6. The summed E-state index contributed by atoms with van der Waals surface area (Å²) in [7, 11) is 0. The lowest BCUT2D eigenvalue weighted by Crippen LogP contribution is -2.30. The molecule has 5 heterocycles. The van der Waals surface area contributed by atoms with E-state index in [4.69, 9.17) is 15.0 Å². The third-order valence-electron chi connectivity index (χ3n) is 5.67. The van der Waals surface area contributed by atoms with Crippen LogP contribution in [0.2, 0.25) is 0 Å². The number of aromatic nitrogens is 5. The molecule has 164 valence electrons. The Morgan fingerprint density at radius 3 is 2.59 bits per heavy atom. The summed E-state index contributed by atoms with van der Waals surface area (Å²) < 4.78 is 1.98. The summed E-state index contributed by atoms with van der Waals surface area (Å²) in [5.41, 5.74) is 2.85. The summed E-state index contributed by atoms with van der Waals surface area (Å²) in [5.74, 6) is 3.29. The van der Waals surface area contributed by atoms with Crippen molar-refractivity contribution in [3.05, 3.63) is 60.7 Å². The van der Waals surface area contributed by atoms with Gasteiger partial charge in [0.15, 0.2) is 0 Å². The Kier molecular flexibility index (Phi) is 5.58. The van der Waals surface area contributed by atoms with E-state index in [0.29, 0.717) is 11.9 Å². The predicted octanol–water partition coefficient (Wildman–Crippen LogP) is 5.12. The van der Waals surface area contributed by atoms with Crippen molar-refractivity contribution in [2.24, 2.45) is 0 Å². The zero-order valence-electron chi connectivity index (χ0n) is 18.5. The maximum Gasteiger partial charge on any atom is 0.232 e. The molecular weight excluding hydrogens is 400 g/mol. The van der Waals surface area contributed by atoms with Crippen molar-refractivity contribution in [2.75, 3.05) is 28.6 Å². The summed E-state index contributed by atoms with van der Waals surface area (Å²) >= 11 is 0. The topological polar surface area (TPSA) is 83.3 Å². The van der Waals surface area contributed by atoms with Crippen LogP contribution in [0, 0.1) is 0 Å². The highest BCUT2D eigenvalue weighted by Gasteiger charge is 2.16. The molecule has 8 nitrogen and oxygen atoms in total. The van der Waals surface area contributed by atoms with Gasteiger partial charge in [0, 0.05) is 55.2 Å². The van der Waals surface area contributed by atoms with E-state index in [1.54, 1.807) is 6.20 Å². The van der Waals surface area contributed by atoms with Crippen molar-refractivity contribution in [1.82, 2.24) is 24.3 Å². The van der Waals surface area contributed by atoms with Gasteiger partial charge in [0.2, 0.25) is 5.95 Å². The monoisotopic (exact) mass is 428 g/mol. The average molecular weight is 429 g/mol. The molecule has 8 heteroatoms. The fraction of sp³-hybridized carbons (Fsp3) is 0.333. The second kappa shape index (κ2) is 8.82. The van der Waals surface area contributed by atoms with E-state index in [1.807, 2.05) is 53.2 Å². The van der Waals surface area contributed by atoms with Gasteiger partial charge in [-0.05, 0) is 43.4 Å². The minimum atomic E-state index is 0.354. The Morgan fingerprint density at radius 1 is 0.875 bits per heavy atom. The molecule has 0 unspecified atom stereocenters. The Balaban J connectivity index is 1.47. The van der Waals surface area contributed by atoms with Crippen molar-refractivity contribution >= 4 is 34.7 Å². The zero-order valence-corrected chi connectivity index (χ0v) is 18.5. The van der Waals surface area contributed by atoms with Crippen LogP contribution in [0.1, 0.15) is 44.7 Å². The second-order valence-corrected chi connectivity index (χ2v) is 8.44. The maximum absolute atomic E-state index is 4.82. The first kappa shape index (κ1) is 20.2. The molecular formula is C24H28N8. The Hall–Kier alpha value is -3.68. The van der Waals surface area contributed by atoms with Crippen molar-refractivity contribution in [2.45, 2.75) is 39.0 Å². The van der Waals surface area contributed by atoms with Crippen LogP contribution >= 0.6 is 0 Å². The van der Waals surface area contributed by atoms with Crippen molar-refractivity contribution < 1.29 is 0 Å². The third-order valence-corrected chi connectivity index (χ3v) is 5.67. The van der Waals surface area contributed by atoms with E-state index in [-0.39, 0.29) is 0 Å². The molecule has 32 heavy (non-hydrogen) atoms. The first-order chi connectivity index (χ1) is 15.6. The van der Waals surface area contributed by atoms with Crippen molar-refractivity contribution in [3.8, 4) is 0 Å². The molecule has 0 spiro atoms. The Morgan fingerprint density at radius 2 is 1.75 bits per heavy atom. The number of anilines is 5. The van der Waals surface area contributed by atoms with E-state index < -0.39 is 0 Å². The van der Waals surface area contributed by atoms with Crippen molar-refractivity contribution in [1.29, 1.82) is 0 Å². The molecule has 1 aliphatic heterocycles. The van der Waals surface area contributed by atoms with E-state index in [1.165, 1.54) is 19.3 Å². The minimum Gasteiger partial charge on any atom is -0.356 e. The van der Waals surface area contributed by atoms with E-state index >= 15 is 0 Å². The number of piperidine rings is 1. The fourth-order valence-electron chi connectivity index (χ4n) is 3.93. The number of rotatable bonds is 6. The second-order valence-electron chi connectivity index (χ2n) is 8.44. The average Bonchev–Trinajstić information content (AvgIpc) is 3.28. The highest BCUT2D eigenvalue weighted by Crippen LogP contribution is 2.26. The molecule has 0 aromatic carbocycles. The zero-order chi connectivity index (χ0) is 21.9. The van der Waals surface area contributed by atoms with Crippen LogP contribution in [0.25, 0.3) is 5.65 Å². The van der Waals surface area contributed by atoms with E-state index in [0.717, 1.165) is 47.6 Å². The number of imidazole rings is 1. The molecule has 2 N–H and O–H groups in total. The molecule has 1 saturated heterocycles.